The Hall–Kier alpha value is -4.53. The number of urea groups is 1. The summed E-state index contributed by atoms with van der Waals surface area (Å²) in [5.41, 5.74) is 7.81. The Bertz CT molecular complexity index is 1400. The Morgan fingerprint density at radius 2 is 1.68 bits per heavy atom. The van der Waals surface area contributed by atoms with Crippen molar-refractivity contribution in [1.29, 1.82) is 0 Å². The van der Waals surface area contributed by atoms with Gasteiger partial charge in [0.1, 0.15) is 28.9 Å². The molecule has 0 bridgehead atoms. The van der Waals surface area contributed by atoms with Crippen molar-refractivity contribution in [3.63, 3.8) is 0 Å². The van der Waals surface area contributed by atoms with E-state index in [0.29, 0.717) is 34.7 Å². The molecule has 2 aromatic carbocycles. The number of nitrogens with two attached hydrogens (primary N) is 1. The summed E-state index contributed by atoms with van der Waals surface area (Å²) >= 11 is 0. The zero-order valence-electron chi connectivity index (χ0n) is 21.8. The molecule has 4 N–H and O–H groups in total. The second-order valence-corrected chi connectivity index (χ2v) is 10.4. The van der Waals surface area contributed by atoms with Crippen molar-refractivity contribution in [2.75, 3.05) is 23.0 Å². The van der Waals surface area contributed by atoms with Crippen molar-refractivity contribution in [1.82, 2.24) is 14.8 Å². The van der Waals surface area contributed by atoms with Gasteiger partial charge in [0, 0.05) is 29.4 Å². The maximum absolute atomic E-state index is 12.9. The number of amides is 2. The summed E-state index contributed by atoms with van der Waals surface area (Å²) in [4.78, 5) is 16.9. The van der Waals surface area contributed by atoms with E-state index in [4.69, 9.17) is 20.3 Å². The Balaban J connectivity index is 1.27. The molecule has 0 radical (unpaired) electrons. The fourth-order valence-corrected chi connectivity index (χ4v) is 3.73. The molecule has 0 aliphatic heterocycles. The van der Waals surface area contributed by atoms with E-state index in [0.717, 1.165) is 23.7 Å². The molecule has 0 spiro atoms. The van der Waals surface area contributed by atoms with E-state index in [-0.39, 0.29) is 11.4 Å². The van der Waals surface area contributed by atoms with Crippen molar-refractivity contribution in [3.05, 3.63) is 78.6 Å². The summed E-state index contributed by atoms with van der Waals surface area (Å²) in [5, 5.41) is 10.6. The normalized spacial score (nSPS) is 13.1. The van der Waals surface area contributed by atoms with Crippen molar-refractivity contribution >= 4 is 23.4 Å². The molecule has 4 aromatic rings. The van der Waals surface area contributed by atoms with Gasteiger partial charge in [-0.1, -0.05) is 20.8 Å². The van der Waals surface area contributed by atoms with Gasteiger partial charge in [-0.25, -0.2) is 14.5 Å². The number of anilines is 3. The lowest BCUT2D eigenvalue weighted by Crippen LogP contribution is -2.21. The molecule has 1 saturated carbocycles. The largest absolute Gasteiger partial charge is 0.493 e. The van der Waals surface area contributed by atoms with Crippen LogP contribution in [0, 0.1) is 5.92 Å². The molecule has 1 aliphatic carbocycles. The number of aromatic nitrogens is 3. The van der Waals surface area contributed by atoms with E-state index in [2.05, 4.69) is 36.4 Å². The lowest BCUT2D eigenvalue weighted by molar-refractivity contribution is 0.262. The highest BCUT2D eigenvalue weighted by Crippen LogP contribution is 2.31. The molecule has 5 rings (SSSR count). The summed E-state index contributed by atoms with van der Waals surface area (Å²) < 4.78 is 13.4. The van der Waals surface area contributed by atoms with Crippen molar-refractivity contribution < 1.29 is 14.3 Å². The van der Waals surface area contributed by atoms with Crippen LogP contribution in [0.1, 0.15) is 39.3 Å². The van der Waals surface area contributed by atoms with Gasteiger partial charge in [0.2, 0.25) is 0 Å². The minimum Gasteiger partial charge on any atom is -0.493 e. The average Bonchev–Trinajstić information content (AvgIpc) is 3.61. The predicted molar refractivity (Wildman–Crippen MR) is 148 cm³/mol. The number of rotatable bonds is 8. The topological polar surface area (TPSA) is 116 Å². The van der Waals surface area contributed by atoms with E-state index in [9.17, 15) is 4.79 Å². The fourth-order valence-electron chi connectivity index (χ4n) is 3.73. The van der Waals surface area contributed by atoms with Crippen LogP contribution in [0.25, 0.3) is 5.69 Å². The van der Waals surface area contributed by atoms with Gasteiger partial charge >= 0.3 is 6.03 Å². The quantitative estimate of drug-likeness (QED) is 0.252. The molecule has 0 unspecified atom stereocenters. The van der Waals surface area contributed by atoms with Crippen LogP contribution in [0.4, 0.5) is 22.1 Å². The summed E-state index contributed by atoms with van der Waals surface area (Å²) in [6.45, 7) is 7.01. The molecule has 1 aliphatic rings. The highest BCUT2D eigenvalue weighted by molar-refractivity contribution is 5.99. The van der Waals surface area contributed by atoms with Gasteiger partial charge in [0.15, 0.2) is 0 Å². The van der Waals surface area contributed by atoms with E-state index < -0.39 is 0 Å². The van der Waals surface area contributed by atoms with Gasteiger partial charge in [-0.2, -0.15) is 5.10 Å². The minimum absolute atomic E-state index is 0.194. The molecule has 2 aromatic heterocycles. The third-order valence-electron chi connectivity index (χ3n) is 6.08. The van der Waals surface area contributed by atoms with Gasteiger partial charge in [-0.15, -0.1) is 0 Å². The van der Waals surface area contributed by atoms with Crippen LogP contribution in [0.2, 0.25) is 0 Å². The molecule has 38 heavy (non-hydrogen) atoms. The smallest absolute Gasteiger partial charge is 0.324 e. The lowest BCUT2D eigenvalue weighted by Gasteiger charge is -2.14. The molecule has 196 valence electrons. The second kappa shape index (κ2) is 10.5. The van der Waals surface area contributed by atoms with Gasteiger partial charge < -0.3 is 20.5 Å². The molecule has 1 fully saturated rings. The van der Waals surface area contributed by atoms with E-state index >= 15 is 0 Å². The number of ether oxygens (including phenoxy) is 2. The molecule has 2 amide bonds. The monoisotopic (exact) mass is 512 g/mol. The summed E-state index contributed by atoms with van der Waals surface area (Å²) in [7, 11) is 0. The van der Waals surface area contributed by atoms with Crippen LogP contribution in [-0.4, -0.2) is 27.4 Å². The molecule has 9 heteroatoms. The summed E-state index contributed by atoms with van der Waals surface area (Å²) in [5.74, 6) is 3.66. The van der Waals surface area contributed by atoms with Crippen molar-refractivity contribution in [3.8, 4) is 22.9 Å². The van der Waals surface area contributed by atoms with Gasteiger partial charge in [0.05, 0.1) is 18.0 Å². The summed E-state index contributed by atoms with van der Waals surface area (Å²) in [6.07, 6.45) is 4.08. The Morgan fingerprint density at radius 3 is 2.34 bits per heavy atom. The van der Waals surface area contributed by atoms with Crippen LogP contribution >= 0.6 is 0 Å². The number of carbonyl (C=O) groups is 1. The highest BCUT2D eigenvalue weighted by Gasteiger charge is 2.23. The van der Waals surface area contributed by atoms with Gasteiger partial charge in [0.25, 0.3) is 0 Å². The first kappa shape index (κ1) is 25.1. The summed E-state index contributed by atoms with van der Waals surface area (Å²) in [6, 6.07) is 19.7. The Morgan fingerprint density at radius 1 is 0.974 bits per heavy atom. The van der Waals surface area contributed by atoms with Crippen molar-refractivity contribution in [2.45, 2.75) is 39.0 Å². The first-order chi connectivity index (χ1) is 18.2. The van der Waals surface area contributed by atoms with E-state index in [1.807, 2.05) is 30.3 Å². The maximum atomic E-state index is 12.9. The first-order valence-corrected chi connectivity index (χ1v) is 12.6. The number of carbonyl (C=O) groups excluding carboxylic acids is 1. The molecule has 9 nitrogen and oxygen atoms in total. The SMILES string of the molecule is CC(C)(C)c1cc(NC(=O)Nc2ccc(Oc3ccnc(N)c3)cc2)n(-c2ccc(OCC3CC3)cc2)n1. The number of benzene rings is 2. The number of pyridine rings is 1. The zero-order valence-corrected chi connectivity index (χ0v) is 21.8. The Labute approximate surface area is 222 Å². The van der Waals surface area contributed by atoms with Crippen LogP contribution < -0.4 is 25.8 Å². The molecule has 2 heterocycles. The van der Waals surface area contributed by atoms with Crippen molar-refractivity contribution in [2.24, 2.45) is 5.92 Å². The number of nitrogen functional groups attached to an aromatic ring is 1. The number of hydrogen-bond donors (Lipinski definition) is 3. The molecule has 0 saturated heterocycles. The third-order valence-corrected chi connectivity index (χ3v) is 6.08. The lowest BCUT2D eigenvalue weighted by atomic mass is 9.92. The first-order valence-electron chi connectivity index (χ1n) is 12.6. The number of nitrogens with zero attached hydrogens (tertiary/aromatic N) is 3. The fraction of sp³-hybridized carbons (Fsp3) is 0.276. The van der Waals surface area contributed by atoms with Crippen LogP contribution in [0.3, 0.4) is 0 Å². The Kier molecular flexibility index (Phi) is 6.91. The van der Waals surface area contributed by atoms with E-state index in [1.54, 1.807) is 47.3 Å². The number of nitrogens with one attached hydrogen (secondary N) is 2. The van der Waals surface area contributed by atoms with Crippen LogP contribution in [0.15, 0.2) is 72.9 Å². The highest BCUT2D eigenvalue weighted by atomic mass is 16.5. The average molecular weight is 513 g/mol. The molecular formula is C29H32N6O3. The van der Waals surface area contributed by atoms with Crippen LogP contribution in [0.5, 0.6) is 17.2 Å². The van der Waals surface area contributed by atoms with Crippen LogP contribution in [-0.2, 0) is 5.41 Å². The third kappa shape index (κ3) is 6.42. The predicted octanol–water partition coefficient (Wildman–Crippen LogP) is 6.37. The minimum atomic E-state index is -0.383. The van der Waals surface area contributed by atoms with E-state index in [1.165, 1.54) is 12.8 Å². The zero-order chi connectivity index (χ0) is 26.7. The van der Waals surface area contributed by atoms with Gasteiger partial charge in [-0.3, -0.25) is 5.32 Å². The van der Waals surface area contributed by atoms with Gasteiger partial charge in [-0.05, 0) is 73.4 Å². The molecular weight excluding hydrogens is 480 g/mol. The molecule has 0 atom stereocenters. The second-order valence-electron chi connectivity index (χ2n) is 10.4. The maximum Gasteiger partial charge on any atom is 0.324 e. The number of hydrogen-bond acceptors (Lipinski definition) is 6. The standard InChI is InChI=1S/C29H32N6O3/c1-29(2,3)25-17-27(35(34-25)21-8-12-22(13-9-21)37-18-19-4-5-19)33-28(36)32-20-6-10-23(11-7-20)38-24-14-15-31-26(30)16-24/h6-17,19H,4-5,18H2,1-3H3,(H2,30,31)(H2,32,33,36).